The zero-order chi connectivity index (χ0) is 57.4. The number of fused-ring (bicyclic) bond motifs is 17. The van der Waals surface area contributed by atoms with Crippen LogP contribution in [-0.4, -0.2) is 9.13 Å². The van der Waals surface area contributed by atoms with Gasteiger partial charge in [0.2, 0.25) is 5.69 Å². The third-order valence-electron chi connectivity index (χ3n) is 17.8. The molecule has 7 heteroatoms. The van der Waals surface area contributed by atoms with Crippen LogP contribution in [0.4, 0.5) is 5.69 Å². The van der Waals surface area contributed by atoms with Gasteiger partial charge in [0, 0.05) is 74.4 Å². The van der Waals surface area contributed by atoms with Crippen molar-refractivity contribution in [2.45, 2.75) is 0 Å². The van der Waals surface area contributed by atoms with Gasteiger partial charge in [0.25, 0.3) is 0 Å². The summed E-state index contributed by atoms with van der Waals surface area (Å²) in [4.78, 5) is 4.72. The highest BCUT2D eigenvalue weighted by molar-refractivity contribution is 7.27. The number of hydrogen-bond donors (Lipinski definition) is 0. The van der Waals surface area contributed by atoms with E-state index < -0.39 is 0 Å². The lowest BCUT2D eigenvalue weighted by Gasteiger charge is -2.26. The Balaban J connectivity index is 1.12. The molecule has 87 heavy (non-hydrogen) atoms. The summed E-state index contributed by atoms with van der Waals surface area (Å²) >= 11 is 3.60. The molecule has 0 saturated heterocycles. The first-order chi connectivity index (χ1) is 43.1. The molecule has 0 aliphatic carbocycles. The third-order valence-corrected chi connectivity index (χ3v) is 20.1. The van der Waals surface area contributed by atoms with Crippen LogP contribution in [0.3, 0.4) is 0 Å². The number of nitriles is 1. The predicted molar refractivity (Wildman–Crippen MR) is 366 cm³/mol. The van der Waals surface area contributed by atoms with Crippen LogP contribution in [0.1, 0.15) is 5.56 Å². The molecule has 0 saturated carbocycles. The van der Waals surface area contributed by atoms with Gasteiger partial charge in [0.15, 0.2) is 0 Å². The van der Waals surface area contributed by atoms with Crippen LogP contribution in [-0.2, 0) is 0 Å². The Hall–Kier alpha value is -11.3. The van der Waals surface area contributed by atoms with Crippen molar-refractivity contribution in [3.8, 4) is 73.1 Å². The van der Waals surface area contributed by atoms with E-state index in [-0.39, 0.29) is 0 Å². The van der Waals surface area contributed by atoms with Crippen LogP contribution < -0.4 is 0 Å². The number of rotatable bonds is 7. The first-order valence-corrected chi connectivity index (χ1v) is 30.7. The topological polar surface area (TPSA) is 51.1 Å². The maximum absolute atomic E-state index is 12.7. The van der Waals surface area contributed by atoms with Crippen LogP contribution in [0.5, 0.6) is 0 Å². The van der Waals surface area contributed by atoms with Gasteiger partial charge in [-0.2, -0.15) is 5.26 Å². The summed E-state index contributed by atoms with van der Waals surface area (Å²) in [5, 5.41) is 23.7. The maximum atomic E-state index is 12.7. The second-order valence-electron chi connectivity index (χ2n) is 22.3. The molecule has 0 fully saturated rings. The Kier molecular flexibility index (Phi) is 10.8. The van der Waals surface area contributed by atoms with Gasteiger partial charge < -0.3 is 13.6 Å². The SMILES string of the molecule is [C-]#[N+]c1c(-c2ccccc2)c(C#N)c(-n2c3c4sc5ccccc5c4cc(-c4ccccc4)c3c3c(-c4ccccc4)cc4c5ccccc5sc4c32)c(-c2ccccc2)c1-n1c2ccccc2c2ccc(-c3ccc4oc5ccccc5c4c3)cc21. The Morgan fingerprint density at radius 2 is 0.839 bits per heavy atom. The quantitative estimate of drug-likeness (QED) is 0.149. The molecule has 5 aromatic heterocycles. The summed E-state index contributed by atoms with van der Waals surface area (Å²) in [5.41, 5.74) is 17.2. The molecule has 0 aliphatic heterocycles. The molecule has 0 unspecified atom stereocenters. The van der Waals surface area contributed by atoms with Gasteiger partial charge in [-0.3, -0.25) is 0 Å². The standard InChI is InChI=1S/C80H44N4OS2/c1-82-74-70(49-26-10-4-11-27-49)63(46-81)75(71(50-28-12-5-13-29-50)76(74)83-64-34-18-14-30-53(64)54-40-38-52(43-65(54)83)51-39-41-67-60(42-51)55-31-15-19-35-66(55)85-67)84-77-72(58(47-22-6-2-7-23-47)44-61-56-32-16-20-36-68(56)86-79(61)77)73-59(48-24-8-3-9-25-48)45-62-57-33-17-21-37-69(57)87-80(62)78(73)84/h2-45H. The average Bonchev–Trinajstić information content (AvgIpc) is 1.56. The van der Waals surface area contributed by atoms with E-state index in [1.807, 2.05) is 30.3 Å². The number of nitrogens with zero attached hydrogens (tertiary/aromatic N) is 4. The fourth-order valence-electron chi connectivity index (χ4n) is 14.1. The van der Waals surface area contributed by atoms with Crippen molar-refractivity contribution in [2.75, 3.05) is 0 Å². The van der Waals surface area contributed by atoms with Gasteiger partial charge in [-0.05, 0) is 99.1 Å². The summed E-state index contributed by atoms with van der Waals surface area (Å²) < 4.78 is 15.8. The predicted octanol–water partition coefficient (Wildman–Crippen LogP) is 23.3. The lowest BCUT2D eigenvalue weighted by molar-refractivity contribution is 0.669. The summed E-state index contributed by atoms with van der Waals surface area (Å²) in [7, 11) is 0. The number of aromatic nitrogens is 2. The van der Waals surface area contributed by atoms with Gasteiger partial charge >= 0.3 is 0 Å². The molecule has 18 rings (SSSR count). The lowest BCUT2D eigenvalue weighted by atomic mass is 9.88. The minimum Gasteiger partial charge on any atom is -0.456 e. The highest BCUT2D eigenvalue weighted by Crippen LogP contribution is 2.57. The molecule has 0 atom stereocenters. The van der Waals surface area contributed by atoms with Crippen molar-refractivity contribution < 1.29 is 4.42 Å². The molecule has 402 valence electrons. The van der Waals surface area contributed by atoms with Crippen molar-refractivity contribution in [3.05, 3.63) is 284 Å². The molecular weight excluding hydrogens is 1100 g/mol. The fraction of sp³-hybridized carbons (Fsp3) is 0. The van der Waals surface area contributed by atoms with Gasteiger partial charge in [0.1, 0.15) is 17.2 Å². The zero-order valence-electron chi connectivity index (χ0n) is 46.4. The van der Waals surface area contributed by atoms with Crippen molar-refractivity contribution in [1.82, 2.24) is 9.13 Å². The van der Waals surface area contributed by atoms with E-state index in [0.717, 1.165) is 136 Å². The van der Waals surface area contributed by atoms with E-state index in [1.54, 1.807) is 22.7 Å². The second-order valence-corrected chi connectivity index (χ2v) is 24.4. The summed E-state index contributed by atoms with van der Waals surface area (Å²) in [6.07, 6.45) is 0. The van der Waals surface area contributed by atoms with Crippen molar-refractivity contribution >= 4 is 134 Å². The largest absolute Gasteiger partial charge is 0.456 e. The van der Waals surface area contributed by atoms with Crippen molar-refractivity contribution in [2.24, 2.45) is 0 Å². The Labute approximate surface area is 506 Å². The first kappa shape index (κ1) is 49.1. The smallest absolute Gasteiger partial charge is 0.220 e. The maximum Gasteiger partial charge on any atom is 0.220 e. The molecule has 0 radical (unpaired) electrons. The monoisotopic (exact) mass is 1140 g/mol. The molecule has 0 amide bonds. The molecular formula is C80H44N4OS2. The fourth-order valence-corrected chi connectivity index (χ4v) is 16.5. The molecule has 13 aromatic carbocycles. The molecule has 18 aromatic rings. The summed E-state index contributed by atoms with van der Waals surface area (Å²) in [5.74, 6) is 0. The van der Waals surface area contributed by atoms with Gasteiger partial charge in [0.05, 0.1) is 55.0 Å². The Bertz CT molecular complexity index is 5840. The Morgan fingerprint density at radius 1 is 0.368 bits per heavy atom. The minimum atomic E-state index is 0.384. The summed E-state index contributed by atoms with van der Waals surface area (Å²) in [6.45, 7) is 9.71. The van der Waals surface area contributed by atoms with E-state index in [9.17, 15) is 11.8 Å². The van der Waals surface area contributed by atoms with Crippen molar-refractivity contribution in [1.29, 1.82) is 5.26 Å². The lowest BCUT2D eigenvalue weighted by Crippen LogP contribution is -2.09. The number of furan rings is 1. The van der Waals surface area contributed by atoms with Gasteiger partial charge in [-0.15, -0.1) is 22.7 Å². The first-order valence-electron chi connectivity index (χ1n) is 29.1. The zero-order valence-corrected chi connectivity index (χ0v) is 48.1. The highest BCUT2D eigenvalue weighted by Gasteiger charge is 2.35. The van der Waals surface area contributed by atoms with Crippen LogP contribution in [0.2, 0.25) is 0 Å². The minimum absolute atomic E-state index is 0.384. The summed E-state index contributed by atoms with van der Waals surface area (Å²) in [6, 6.07) is 97.6. The normalized spacial score (nSPS) is 11.9. The van der Waals surface area contributed by atoms with E-state index in [0.29, 0.717) is 28.2 Å². The number of benzene rings is 13. The van der Waals surface area contributed by atoms with Crippen LogP contribution >= 0.6 is 22.7 Å². The molecule has 5 heterocycles. The highest BCUT2D eigenvalue weighted by atomic mass is 32.1. The van der Waals surface area contributed by atoms with Crippen LogP contribution in [0.15, 0.2) is 271 Å². The third kappa shape index (κ3) is 7.16. The van der Waals surface area contributed by atoms with E-state index in [2.05, 4.69) is 252 Å². The number of hydrogen-bond acceptors (Lipinski definition) is 4. The molecule has 0 spiro atoms. The molecule has 0 N–H and O–H groups in total. The van der Waals surface area contributed by atoms with Crippen LogP contribution in [0.25, 0.3) is 178 Å². The van der Waals surface area contributed by atoms with E-state index in [1.165, 1.54) is 20.2 Å². The number of para-hydroxylation sites is 2. The van der Waals surface area contributed by atoms with E-state index in [4.69, 9.17) is 9.26 Å². The average molecular weight is 1140 g/mol. The number of thiophene rings is 2. The molecule has 0 aliphatic rings. The second kappa shape index (κ2) is 19.1. The van der Waals surface area contributed by atoms with Gasteiger partial charge in [-0.25, -0.2) is 4.85 Å². The molecule has 0 bridgehead atoms. The van der Waals surface area contributed by atoms with Gasteiger partial charge in [-0.1, -0.05) is 212 Å². The van der Waals surface area contributed by atoms with Crippen molar-refractivity contribution in [3.63, 3.8) is 0 Å². The molecule has 5 nitrogen and oxygen atoms in total. The van der Waals surface area contributed by atoms with Crippen LogP contribution in [0, 0.1) is 17.9 Å². The Morgan fingerprint density at radius 3 is 1.43 bits per heavy atom. The van der Waals surface area contributed by atoms with E-state index >= 15 is 0 Å².